The lowest BCUT2D eigenvalue weighted by Crippen LogP contribution is -2.39. The molecule has 2 saturated heterocycles. The first-order valence-electron chi connectivity index (χ1n) is 4.47. The van der Waals surface area contributed by atoms with Crippen LogP contribution in [0.4, 0.5) is 0 Å². The summed E-state index contributed by atoms with van der Waals surface area (Å²) in [7, 11) is 0. The fourth-order valence-electron chi connectivity index (χ4n) is 2.06. The van der Waals surface area contributed by atoms with Crippen LogP contribution in [-0.2, 0) is 9.47 Å². The van der Waals surface area contributed by atoms with Gasteiger partial charge in [-0.25, -0.2) is 0 Å². The van der Waals surface area contributed by atoms with Crippen LogP contribution in [0.2, 0.25) is 0 Å². The zero-order valence-corrected chi connectivity index (χ0v) is 7.41. The molecule has 0 aromatic rings. The molecule has 0 aliphatic carbocycles. The smallest absolute Gasteiger partial charge is 0.160 e. The Morgan fingerprint density at radius 2 is 1.73 bits per heavy atom. The van der Waals surface area contributed by atoms with E-state index in [2.05, 4.69) is 20.8 Å². The fourth-order valence-corrected chi connectivity index (χ4v) is 2.06. The van der Waals surface area contributed by atoms with Gasteiger partial charge in [-0.3, -0.25) is 0 Å². The van der Waals surface area contributed by atoms with E-state index in [9.17, 15) is 0 Å². The molecule has 2 rings (SSSR count). The van der Waals surface area contributed by atoms with E-state index < -0.39 is 0 Å². The molecule has 0 aromatic heterocycles. The highest BCUT2D eigenvalue weighted by Gasteiger charge is 2.44. The second-order valence-corrected chi connectivity index (χ2v) is 3.95. The van der Waals surface area contributed by atoms with Gasteiger partial charge in [0.2, 0.25) is 0 Å². The van der Waals surface area contributed by atoms with Gasteiger partial charge in [0.25, 0.3) is 0 Å². The maximum absolute atomic E-state index is 5.67. The molecular formula is C9H16O2. The van der Waals surface area contributed by atoms with Crippen LogP contribution < -0.4 is 0 Å². The molecule has 0 amide bonds. The van der Waals surface area contributed by atoms with Gasteiger partial charge in [-0.2, -0.15) is 0 Å². The van der Waals surface area contributed by atoms with Gasteiger partial charge in [0, 0.05) is 5.92 Å². The lowest BCUT2D eigenvalue weighted by atomic mass is 9.80. The van der Waals surface area contributed by atoms with Crippen LogP contribution in [0.1, 0.15) is 20.8 Å². The summed E-state index contributed by atoms with van der Waals surface area (Å²) in [4.78, 5) is 0. The third-order valence-corrected chi connectivity index (χ3v) is 3.41. The molecule has 2 aliphatic rings. The Labute approximate surface area is 67.9 Å². The quantitative estimate of drug-likeness (QED) is 0.531. The van der Waals surface area contributed by atoms with Crippen molar-refractivity contribution in [2.45, 2.75) is 33.2 Å². The SMILES string of the molecule is CC1[C@@H]2OCC(O2)[C@@H](C)[C@H]1C. The van der Waals surface area contributed by atoms with E-state index in [1.165, 1.54) is 0 Å². The van der Waals surface area contributed by atoms with Crippen molar-refractivity contribution in [2.24, 2.45) is 17.8 Å². The highest BCUT2D eigenvalue weighted by Crippen LogP contribution is 2.39. The molecule has 0 spiro atoms. The van der Waals surface area contributed by atoms with Crippen LogP contribution in [0.5, 0.6) is 0 Å². The summed E-state index contributed by atoms with van der Waals surface area (Å²) in [5.74, 6) is 1.95. The molecular weight excluding hydrogens is 140 g/mol. The van der Waals surface area contributed by atoms with Gasteiger partial charge in [-0.05, 0) is 11.8 Å². The van der Waals surface area contributed by atoms with Crippen molar-refractivity contribution in [3.63, 3.8) is 0 Å². The van der Waals surface area contributed by atoms with Crippen LogP contribution >= 0.6 is 0 Å². The van der Waals surface area contributed by atoms with Gasteiger partial charge in [-0.1, -0.05) is 20.8 Å². The van der Waals surface area contributed by atoms with E-state index in [0.717, 1.165) is 12.5 Å². The minimum absolute atomic E-state index is 0.0891. The van der Waals surface area contributed by atoms with Crippen molar-refractivity contribution in [3.8, 4) is 0 Å². The Hall–Kier alpha value is -0.0800. The minimum Gasteiger partial charge on any atom is -0.350 e. The van der Waals surface area contributed by atoms with Crippen LogP contribution in [0, 0.1) is 17.8 Å². The number of fused-ring (bicyclic) bond motifs is 2. The highest BCUT2D eigenvalue weighted by molar-refractivity contribution is 4.86. The van der Waals surface area contributed by atoms with Crippen molar-refractivity contribution in [3.05, 3.63) is 0 Å². The van der Waals surface area contributed by atoms with Crippen LogP contribution in [0.25, 0.3) is 0 Å². The first-order valence-corrected chi connectivity index (χ1v) is 4.47. The van der Waals surface area contributed by atoms with E-state index in [1.807, 2.05) is 0 Å². The Bertz CT molecular complexity index is 138. The van der Waals surface area contributed by atoms with Crippen LogP contribution in [0.15, 0.2) is 0 Å². The maximum Gasteiger partial charge on any atom is 0.160 e. The fraction of sp³-hybridized carbons (Fsp3) is 1.00. The van der Waals surface area contributed by atoms with Gasteiger partial charge in [0.05, 0.1) is 12.7 Å². The van der Waals surface area contributed by atoms with Gasteiger partial charge in [0.1, 0.15) is 0 Å². The highest BCUT2D eigenvalue weighted by atomic mass is 16.7. The lowest BCUT2D eigenvalue weighted by molar-refractivity contribution is -0.150. The predicted octanol–water partition coefficient (Wildman–Crippen LogP) is 1.65. The van der Waals surface area contributed by atoms with Crippen molar-refractivity contribution in [2.75, 3.05) is 6.61 Å². The van der Waals surface area contributed by atoms with E-state index in [1.54, 1.807) is 0 Å². The molecule has 2 fully saturated rings. The van der Waals surface area contributed by atoms with Gasteiger partial charge >= 0.3 is 0 Å². The molecule has 64 valence electrons. The number of ether oxygens (including phenoxy) is 2. The lowest BCUT2D eigenvalue weighted by Gasteiger charge is -2.35. The van der Waals surface area contributed by atoms with Crippen molar-refractivity contribution >= 4 is 0 Å². The second-order valence-electron chi connectivity index (χ2n) is 3.95. The standard InChI is InChI=1S/C9H16O2/c1-5-6(2)8-4-10-9(11-8)7(5)3/h5-9H,4H2,1-3H3/t5-,6+,7?,8?,9-/m1/s1. The molecule has 2 nitrogen and oxygen atoms in total. The number of hydrogen-bond acceptors (Lipinski definition) is 2. The van der Waals surface area contributed by atoms with Gasteiger partial charge in [0.15, 0.2) is 6.29 Å². The maximum atomic E-state index is 5.67. The number of hydrogen-bond donors (Lipinski definition) is 0. The second kappa shape index (κ2) is 2.46. The largest absolute Gasteiger partial charge is 0.350 e. The summed E-state index contributed by atoms with van der Waals surface area (Å²) in [5, 5.41) is 0. The molecule has 0 saturated carbocycles. The summed E-state index contributed by atoms with van der Waals surface area (Å²) in [5.41, 5.74) is 0. The molecule has 0 aromatic carbocycles. The van der Waals surface area contributed by atoms with Crippen molar-refractivity contribution < 1.29 is 9.47 Å². The van der Waals surface area contributed by atoms with Gasteiger partial charge < -0.3 is 9.47 Å². The predicted molar refractivity (Wildman–Crippen MR) is 42.1 cm³/mol. The zero-order chi connectivity index (χ0) is 8.01. The third-order valence-electron chi connectivity index (χ3n) is 3.41. The topological polar surface area (TPSA) is 18.5 Å². The zero-order valence-electron chi connectivity index (χ0n) is 7.41. The Balaban J connectivity index is 2.16. The molecule has 2 bridgehead atoms. The third kappa shape index (κ3) is 1.00. The van der Waals surface area contributed by atoms with E-state index in [4.69, 9.17) is 9.47 Å². The summed E-state index contributed by atoms with van der Waals surface area (Å²) < 4.78 is 11.2. The normalized spacial score (nSPS) is 56.5. The van der Waals surface area contributed by atoms with E-state index in [-0.39, 0.29) is 6.29 Å². The Morgan fingerprint density at radius 1 is 1.00 bits per heavy atom. The number of rotatable bonds is 0. The monoisotopic (exact) mass is 156 g/mol. The molecule has 0 radical (unpaired) electrons. The van der Waals surface area contributed by atoms with Gasteiger partial charge in [-0.15, -0.1) is 0 Å². The molecule has 0 N–H and O–H groups in total. The van der Waals surface area contributed by atoms with E-state index >= 15 is 0 Å². The summed E-state index contributed by atoms with van der Waals surface area (Å²) in [6.07, 6.45) is 0.456. The van der Waals surface area contributed by atoms with Crippen molar-refractivity contribution in [1.29, 1.82) is 0 Å². The first-order chi connectivity index (χ1) is 5.20. The summed E-state index contributed by atoms with van der Waals surface area (Å²) >= 11 is 0. The average Bonchev–Trinajstić information content (AvgIpc) is 2.44. The first kappa shape index (κ1) is 7.56. The van der Waals surface area contributed by atoms with Crippen LogP contribution in [0.3, 0.4) is 0 Å². The van der Waals surface area contributed by atoms with Crippen LogP contribution in [-0.4, -0.2) is 19.0 Å². The minimum atomic E-state index is 0.0891. The molecule has 11 heavy (non-hydrogen) atoms. The Kier molecular flexibility index (Phi) is 1.69. The Morgan fingerprint density at radius 3 is 2.45 bits per heavy atom. The summed E-state index contributed by atoms with van der Waals surface area (Å²) in [6.45, 7) is 7.58. The molecule has 5 atom stereocenters. The van der Waals surface area contributed by atoms with Crippen molar-refractivity contribution in [1.82, 2.24) is 0 Å². The molecule has 2 aliphatic heterocycles. The molecule has 2 unspecified atom stereocenters. The molecule has 2 heterocycles. The molecule has 2 heteroatoms. The summed E-state index contributed by atoms with van der Waals surface area (Å²) in [6, 6.07) is 0. The average molecular weight is 156 g/mol. The van der Waals surface area contributed by atoms with E-state index in [0.29, 0.717) is 17.9 Å².